The Labute approximate surface area is 152 Å². The van der Waals surface area contributed by atoms with Gasteiger partial charge in [0.15, 0.2) is 5.41 Å². The molecule has 2 aliphatic rings. The first-order valence-corrected chi connectivity index (χ1v) is 8.14. The Morgan fingerprint density at radius 2 is 1.88 bits per heavy atom. The monoisotopic (exact) mass is 340 g/mol. The number of allylic oxidation sites excluding steroid dienone is 2. The zero-order valence-corrected chi connectivity index (χ0v) is 14.3. The van der Waals surface area contributed by atoms with Crippen LogP contribution in [0.2, 0.25) is 0 Å². The number of hydrogen-bond donors (Lipinski definition) is 1. The molecule has 2 unspecified atom stereocenters. The SMILES string of the molecule is CN1CC=C2C(C#N)=C(N)C(C#N)(C#N)C(c3cccc(C#N)c3)C2C1. The smallest absolute Gasteiger partial charge is 0.191 e. The summed E-state index contributed by atoms with van der Waals surface area (Å²) in [5.41, 5.74) is 6.76. The van der Waals surface area contributed by atoms with Crippen molar-refractivity contribution in [1.82, 2.24) is 4.90 Å². The summed E-state index contributed by atoms with van der Waals surface area (Å²) >= 11 is 0. The highest BCUT2D eigenvalue weighted by Gasteiger charge is 2.54. The molecule has 0 bridgehead atoms. The fourth-order valence-electron chi connectivity index (χ4n) is 4.00. The third-order valence-corrected chi connectivity index (χ3v) is 5.22. The van der Waals surface area contributed by atoms with E-state index in [0.29, 0.717) is 24.2 Å². The van der Waals surface area contributed by atoms with Crippen LogP contribution in [0.5, 0.6) is 0 Å². The molecule has 0 radical (unpaired) electrons. The van der Waals surface area contributed by atoms with E-state index in [4.69, 9.17) is 5.73 Å². The maximum Gasteiger partial charge on any atom is 0.191 e. The van der Waals surface area contributed by atoms with Gasteiger partial charge in [-0.15, -0.1) is 0 Å². The third-order valence-electron chi connectivity index (χ3n) is 5.22. The summed E-state index contributed by atoms with van der Waals surface area (Å²) in [6.07, 6.45) is 1.94. The van der Waals surface area contributed by atoms with Crippen LogP contribution in [-0.4, -0.2) is 25.0 Å². The zero-order chi connectivity index (χ0) is 18.9. The third kappa shape index (κ3) is 2.34. The lowest BCUT2D eigenvalue weighted by atomic mass is 9.58. The lowest BCUT2D eigenvalue weighted by Crippen LogP contribution is -2.47. The van der Waals surface area contributed by atoms with E-state index >= 15 is 0 Å². The predicted molar refractivity (Wildman–Crippen MR) is 93.5 cm³/mol. The van der Waals surface area contributed by atoms with E-state index in [1.165, 1.54) is 0 Å². The first-order chi connectivity index (χ1) is 12.5. The second-order valence-corrected chi connectivity index (χ2v) is 6.63. The number of likely N-dealkylation sites (N-methyl/N-ethyl adjacent to an activating group) is 1. The molecule has 6 nitrogen and oxygen atoms in total. The maximum absolute atomic E-state index is 9.95. The molecule has 1 aliphatic carbocycles. The van der Waals surface area contributed by atoms with Gasteiger partial charge in [0.05, 0.1) is 35.0 Å². The number of hydrogen-bond acceptors (Lipinski definition) is 6. The van der Waals surface area contributed by atoms with Gasteiger partial charge in [-0.05, 0) is 30.3 Å². The van der Waals surface area contributed by atoms with Crippen molar-refractivity contribution >= 4 is 0 Å². The second-order valence-electron chi connectivity index (χ2n) is 6.63. The minimum Gasteiger partial charge on any atom is -0.399 e. The lowest BCUT2D eigenvalue weighted by molar-refractivity contribution is 0.237. The van der Waals surface area contributed by atoms with Gasteiger partial charge in [0.2, 0.25) is 0 Å². The summed E-state index contributed by atoms with van der Waals surface area (Å²) in [5.74, 6) is -0.791. The van der Waals surface area contributed by atoms with Gasteiger partial charge in [0, 0.05) is 24.9 Å². The molecule has 1 aromatic rings. The molecule has 0 spiro atoms. The summed E-state index contributed by atoms with van der Waals surface area (Å²) in [4.78, 5) is 2.07. The van der Waals surface area contributed by atoms with Crippen molar-refractivity contribution in [3.63, 3.8) is 0 Å². The van der Waals surface area contributed by atoms with Crippen LogP contribution in [0.25, 0.3) is 0 Å². The van der Waals surface area contributed by atoms with E-state index in [9.17, 15) is 21.0 Å². The molecule has 1 aliphatic heterocycles. The van der Waals surface area contributed by atoms with Gasteiger partial charge in [-0.25, -0.2) is 0 Å². The molecule has 1 aromatic carbocycles. The van der Waals surface area contributed by atoms with Crippen LogP contribution >= 0.6 is 0 Å². The van der Waals surface area contributed by atoms with Gasteiger partial charge in [-0.2, -0.15) is 21.0 Å². The summed E-state index contributed by atoms with van der Waals surface area (Å²) < 4.78 is 0. The molecule has 0 fully saturated rings. The molecule has 2 atom stereocenters. The van der Waals surface area contributed by atoms with E-state index in [1.807, 2.05) is 19.2 Å². The Morgan fingerprint density at radius 1 is 1.15 bits per heavy atom. The summed E-state index contributed by atoms with van der Waals surface area (Å²) in [6, 6.07) is 15.3. The Kier molecular flexibility index (Phi) is 4.23. The number of rotatable bonds is 1. The Hall–Kier alpha value is -3.58. The number of benzene rings is 1. The predicted octanol–water partition coefficient (Wildman–Crippen LogP) is 1.91. The first kappa shape index (κ1) is 17.2. The standard InChI is InChI=1S/C20H16N6/c1-26-6-5-15-16(9-22)19(25)20(11-23,12-24)18(17(15)10-26)14-4-2-3-13(7-14)8-21/h2-5,7,17-18H,6,10,25H2,1H3. The second kappa shape index (κ2) is 6.38. The Balaban J connectivity index is 2.35. The van der Waals surface area contributed by atoms with Crippen molar-refractivity contribution in [2.45, 2.75) is 5.92 Å². The van der Waals surface area contributed by atoms with Gasteiger partial charge < -0.3 is 10.6 Å². The molecular weight excluding hydrogens is 324 g/mol. The van der Waals surface area contributed by atoms with Crippen LogP contribution in [0.4, 0.5) is 0 Å². The van der Waals surface area contributed by atoms with Crippen molar-refractivity contribution < 1.29 is 0 Å². The van der Waals surface area contributed by atoms with Gasteiger partial charge in [-0.1, -0.05) is 18.2 Å². The fraction of sp³-hybridized carbons (Fsp3) is 0.300. The molecule has 1 heterocycles. The summed E-state index contributed by atoms with van der Waals surface area (Å²) in [6.45, 7) is 1.26. The average molecular weight is 340 g/mol. The van der Waals surface area contributed by atoms with Gasteiger partial charge in [-0.3, -0.25) is 0 Å². The van der Waals surface area contributed by atoms with Gasteiger partial charge in [0.1, 0.15) is 6.07 Å². The molecule has 26 heavy (non-hydrogen) atoms. The van der Waals surface area contributed by atoms with E-state index in [1.54, 1.807) is 18.2 Å². The fourth-order valence-corrected chi connectivity index (χ4v) is 4.00. The largest absolute Gasteiger partial charge is 0.399 e. The van der Waals surface area contributed by atoms with Crippen LogP contribution in [0.15, 0.2) is 47.2 Å². The van der Waals surface area contributed by atoms with Crippen molar-refractivity contribution in [2.75, 3.05) is 20.1 Å². The number of nitrogens with zero attached hydrogens (tertiary/aromatic N) is 5. The molecule has 2 N–H and O–H groups in total. The van der Waals surface area contributed by atoms with Crippen LogP contribution in [0, 0.1) is 56.7 Å². The van der Waals surface area contributed by atoms with Crippen LogP contribution < -0.4 is 5.73 Å². The number of fused-ring (bicyclic) bond motifs is 1. The molecule has 6 heteroatoms. The van der Waals surface area contributed by atoms with Gasteiger partial charge in [0.25, 0.3) is 0 Å². The molecule has 3 rings (SSSR count). The van der Waals surface area contributed by atoms with E-state index in [0.717, 1.165) is 5.57 Å². The zero-order valence-electron chi connectivity index (χ0n) is 14.3. The average Bonchev–Trinajstić information content (AvgIpc) is 2.67. The van der Waals surface area contributed by atoms with E-state index in [2.05, 4.69) is 29.2 Å². The molecule has 0 saturated heterocycles. The van der Waals surface area contributed by atoms with E-state index < -0.39 is 11.3 Å². The lowest BCUT2D eigenvalue weighted by Gasteiger charge is -2.45. The highest BCUT2D eigenvalue weighted by Crippen LogP contribution is 2.54. The van der Waals surface area contributed by atoms with Gasteiger partial charge >= 0.3 is 0 Å². The van der Waals surface area contributed by atoms with Crippen LogP contribution in [0.1, 0.15) is 17.0 Å². The Morgan fingerprint density at radius 3 is 2.50 bits per heavy atom. The first-order valence-electron chi connectivity index (χ1n) is 8.14. The highest BCUT2D eigenvalue weighted by atomic mass is 15.1. The molecule has 0 amide bonds. The molecule has 0 saturated carbocycles. The number of nitriles is 4. The minimum absolute atomic E-state index is 0.00409. The topological polar surface area (TPSA) is 124 Å². The Bertz CT molecular complexity index is 975. The van der Waals surface area contributed by atoms with Crippen molar-refractivity contribution in [2.24, 2.45) is 17.1 Å². The highest BCUT2D eigenvalue weighted by molar-refractivity contribution is 5.59. The molecule has 0 aromatic heterocycles. The summed E-state index contributed by atoms with van der Waals surface area (Å²) in [7, 11) is 1.95. The maximum atomic E-state index is 9.95. The quantitative estimate of drug-likeness (QED) is 0.832. The van der Waals surface area contributed by atoms with Crippen molar-refractivity contribution in [3.8, 4) is 24.3 Å². The minimum atomic E-state index is -1.65. The molecular formula is C20H16N6. The van der Waals surface area contributed by atoms with Crippen LogP contribution in [-0.2, 0) is 0 Å². The van der Waals surface area contributed by atoms with E-state index in [-0.39, 0.29) is 17.2 Å². The summed E-state index contributed by atoms with van der Waals surface area (Å²) in [5, 5.41) is 38.8. The van der Waals surface area contributed by atoms with Crippen LogP contribution in [0.3, 0.4) is 0 Å². The van der Waals surface area contributed by atoms with Crippen molar-refractivity contribution in [3.05, 3.63) is 58.3 Å². The normalized spacial score (nSPS) is 24.3. The van der Waals surface area contributed by atoms with Crippen molar-refractivity contribution in [1.29, 1.82) is 21.0 Å². The number of nitrogens with two attached hydrogens (primary N) is 1. The molecule has 126 valence electrons.